The van der Waals surface area contributed by atoms with Gasteiger partial charge in [0.05, 0.1) is 0 Å². The Hall–Kier alpha value is -0.0800. The number of hydrogen-bond donors (Lipinski definition) is 1. The summed E-state index contributed by atoms with van der Waals surface area (Å²) in [5.41, 5.74) is 0. The first kappa shape index (κ1) is 14.3. The summed E-state index contributed by atoms with van der Waals surface area (Å²) in [6.45, 7) is 13.2. The van der Waals surface area contributed by atoms with Crippen LogP contribution in [0.25, 0.3) is 0 Å². The van der Waals surface area contributed by atoms with Gasteiger partial charge in [-0.1, -0.05) is 27.7 Å². The van der Waals surface area contributed by atoms with E-state index in [0.29, 0.717) is 0 Å². The van der Waals surface area contributed by atoms with Gasteiger partial charge < -0.3 is 5.32 Å². The predicted octanol–water partition coefficient (Wildman–Crippen LogP) is 3.13. The van der Waals surface area contributed by atoms with E-state index in [9.17, 15) is 0 Å². The minimum atomic E-state index is 0.746. The number of likely N-dealkylation sites (tertiary alicyclic amines) is 1. The summed E-state index contributed by atoms with van der Waals surface area (Å²) in [5.74, 6) is 2.71. The summed E-state index contributed by atoms with van der Waals surface area (Å²) in [6.07, 6.45) is 5.63. The van der Waals surface area contributed by atoms with Crippen LogP contribution in [0.1, 0.15) is 53.4 Å². The number of nitrogens with one attached hydrogen (secondary N) is 1. The lowest BCUT2D eigenvalue weighted by Gasteiger charge is -2.43. The zero-order chi connectivity index (χ0) is 13.1. The molecule has 2 rings (SSSR count). The maximum Gasteiger partial charge on any atom is 0.0252 e. The predicted molar refractivity (Wildman–Crippen MR) is 78.8 cm³/mol. The fourth-order valence-electron chi connectivity index (χ4n) is 3.96. The van der Waals surface area contributed by atoms with Crippen LogP contribution in [0.2, 0.25) is 0 Å². The molecule has 1 aliphatic heterocycles. The summed E-state index contributed by atoms with van der Waals surface area (Å²) in [6, 6.07) is 1.55. The lowest BCUT2D eigenvalue weighted by Crippen LogP contribution is -2.53. The third kappa shape index (κ3) is 3.27. The van der Waals surface area contributed by atoms with Crippen molar-refractivity contribution in [2.75, 3.05) is 19.6 Å². The molecule has 1 saturated heterocycles. The first-order valence-electron chi connectivity index (χ1n) is 8.09. The van der Waals surface area contributed by atoms with E-state index in [2.05, 4.69) is 37.9 Å². The Kier molecular flexibility index (Phi) is 5.08. The molecule has 2 heteroatoms. The Labute approximate surface area is 114 Å². The highest BCUT2D eigenvalue weighted by Crippen LogP contribution is 2.34. The van der Waals surface area contributed by atoms with E-state index < -0.39 is 0 Å². The van der Waals surface area contributed by atoms with Gasteiger partial charge in [-0.25, -0.2) is 0 Å². The van der Waals surface area contributed by atoms with E-state index in [1.165, 1.54) is 38.8 Å². The second-order valence-electron chi connectivity index (χ2n) is 6.94. The van der Waals surface area contributed by atoms with E-state index in [-0.39, 0.29) is 0 Å². The van der Waals surface area contributed by atoms with Gasteiger partial charge in [0, 0.05) is 18.6 Å². The molecule has 0 aromatic heterocycles. The summed E-state index contributed by atoms with van der Waals surface area (Å²) < 4.78 is 0. The molecule has 1 aliphatic carbocycles. The molecule has 0 radical (unpaired) electrons. The molecule has 0 aromatic rings. The number of nitrogens with zero attached hydrogens (tertiary/aromatic N) is 1. The van der Waals surface area contributed by atoms with Crippen molar-refractivity contribution >= 4 is 0 Å². The van der Waals surface area contributed by atoms with Crippen LogP contribution in [0.4, 0.5) is 0 Å². The molecule has 2 fully saturated rings. The molecule has 1 heterocycles. The van der Waals surface area contributed by atoms with Crippen LogP contribution >= 0.6 is 0 Å². The van der Waals surface area contributed by atoms with Gasteiger partial charge in [0.25, 0.3) is 0 Å². The second kappa shape index (κ2) is 6.38. The van der Waals surface area contributed by atoms with Gasteiger partial charge in [-0.05, 0) is 56.5 Å². The molecular weight excluding hydrogens is 220 g/mol. The van der Waals surface area contributed by atoms with Crippen LogP contribution in [0, 0.1) is 17.8 Å². The maximum absolute atomic E-state index is 3.74. The molecule has 0 bridgehead atoms. The zero-order valence-electron chi connectivity index (χ0n) is 12.8. The van der Waals surface area contributed by atoms with Crippen molar-refractivity contribution in [1.82, 2.24) is 10.2 Å². The average molecular weight is 252 g/mol. The number of rotatable bonds is 4. The highest BCUT2D eigenvalue weighted by Gasteiger charge is 2.36. The minimum absolute atomic E-state index is 0.746. The van der Waals surface area contributed by atoms with Crippen LogP contribution in [0.5, 0.6) is 0 Å². The summed E-state index contributed by atoms with van der Waals surface area (Å²) in [4.78, 5) is 2.78. The fourth-order valence-corrected chi connectivity index (χ4v) is 3.96. The standard InChI is InChI=1S/C16H32N2/c1-5-17-15-7-6-14(12(2)3)10-16(15)18-9-8-13(4)11-18/h12-17H,5-11H2,1-4H3. The van der Waals surface area contributed by atoms with Crippen molar-refractivity contribution in [1.29, 1.82) is 0 Å². The van der Waals surface area contributed by atoms with Gasteiger partial charge >= 0.3 is 0 Å². The Morgan fingerprint density at radius 3 is 2.56 bits per heavy atom. The molecule has 2 nitrogen and oxygen atoms in total. The zero-order valence-corrected chi connectivity index (χ0v) is 12.8. The average Bonchev–Trinajstić information content (AvgIpc) is 2.76. The van der Waals surface area contributed by atoms with Crippen molar-refractivity contribution in [2.45, 2.75) is 65.5 Å². The summed E-state index contributed by atoms with van der Waals surface area (Å²) >= 11 is 0. The topological polar surface area (TPSA) is 15.3 Å². The fraction of sp³-hybridized carbons (Fsp3) is 1.00. The number of hydrogen-bond acceptors (Lipinski definition) is 2. The minimum Gasteiger partial charge on any atom is -0.313 e. The first-order chi connectivity index (χ1) is 8.61. The quantitative estimate of drug-likeness (QED) is 0.827. The lowest BCUT2D eigenvalue weighted by atomic mass is 9.76. The molecule has 18 heavy (non-hydrogen) atoms. The summed E-state index contributed by atoms with van der Waals surface area (Å²) in [5, 5.41) is 3.74. The molecule has 2 aliphatic rings. The smallest absolute Gasteiger partial charge is 0.0252 e. The second-order valence-corrected chi connectivity index (χ2v) is 6.94. The maximum atomic E-state index is 3.74. The highest BCUT2D eigenvalue weighted by molar-refractivity contribution is 4.93. The van der Waals surface area contributed by atoms with E-state index in [1.54, 1.807) is 0 Å². The van der Waals surface area contributed by atoms with E-state index in [0.717, 1.165) is 36.4 Å². The monoisotopic (exact) mass is 252 g/mol. The van der Waals surface area contributed by atoms with E-state index in [1.807, 2.05) is 0 Å². The van der Waals surface area contributed by atoms with Crippen LogP contribution in [0.3, 0.4) is 0 Å². The van der Waals surface area contributed by atoms with Crippen molar-refractivity contribution in [3.05, 3.63) is 0 Å². The molecule has 4 atom stereocenters. The molecule has 0 spiro atoms. The molecular formula is C16H32N2. The Bertz CT molecular complexity index is 247. The first-order valence-corrected chi connectivity index (χ1v) is 8.09. The Morgan fingerprint density at radius 2 is 2.00 bits per heavy atom. The number of likely N-dealkylation sites (N-methyl/N-ethyl adjacent to an activating group) is 1. The van der Waals surface area contributed by atoms with Crippen molar-refractivity contribution in [3.8, 4) is 0 Å². The van der Waals surface area contributed by atoms with Crippen molar-refractivity contribution in [2.24, 2.45) is 17.8 Å². The van der Waals surface area contributed by atoms with Gasteiger partial charge in [0.15, 0.2) is 0 Å². The third-order valence-electron chi connectivity index (χ3n) is 5.19. The van der Waals surface area contributed by atoms with E-state index in [4.69, 9.17) is 0 Å². The van der Waals surface area contributed by atoms with Crippen LogP contribution in [0.15, 0.2) is 0 Å². The highest BCUT2D eigenvalue weighted by atomic mass is 15.2. The van der Waals surface area contributed by atoms with Gasteiger partial charge in [-0.2, -0.15) is 0 Å². The third-order valence-corrected chi connectivity index (χ3v) is 5.19. The molecule has 0 amide bonds. The van der Waals surface area contributed by atoms with Crippen LogP contribution < -0.4 is 5.32 Å². The summed E-state index contributed by atoms with van der Waals surface area (Å²) in [7, 11) is 0. The Balaban J connectivity index is 2.00. The molecule has 1 saturated carbocycles. The molecule has 0 aromatic carbocycles. The van der Waals surface area contributed by atoms with Gasteiger partial charge in [0.1, 0.15) is 0 Å². The van der Waals surface area contributed by atoms with E-state index >= 15 is 0 Å². The van der Waals surface area contributed by atoms with Crippen LogP contribution in [-0.2, 0) is 0 Å². The normalized spacial score (nSPS) is 38.5. The van der Waals surface area contributed by atoms with Gasteiger partial charge in [-0.15, -0.1) is 0 Å². The molecule has 4 unspecified atom stereocenters. The molecule has 106 valence electrons. The molecule has 1 N–H and O–H groups in total. The van der Waals surface area contributed by atoms with Crippen molar-refractivity contribution in [3.63, 3.8) is 0 Å². The lowest BCUT2D eigenvalue weighted by molar-refractivity contribution is 0.0995. The largest absolute Gasteiger partial charge is 0.313 e. The van der Waals surface area contributed by atoms with Gasteiger partial charge in [0.2, 0.25) is 0 Å². The van der Waals surface area contributed by atoms with Crippen molar-refractivity contribution < 1.29 is 0 Å². The SMILES string of the molecule is CCNC1CCC(C(C)C)CC1N1CCC(C)C1. The van der Waals surface area contributed by atoms with Crippen LogP contribution in [-0.4, -0.2) is 36.6 Å². The van der Waals surface area contributed by atoms with Gasteiger partial charge in [-0.3, -0.25) is 4.90 Å². The Morgan fingerprint density at radius 1 is 1.22 bits per heavy atom.